The number of carbonyl (C=O) groups is 2. The zero-order valence-electron chi connectivity index (χ0n) is 13.7. The Morgan fingerprint density at radius 1 is 1.12 bits per heavy atom. The molecular formula is C17H16N4O2S2. The van der Waals surface area contributed by atoms with Crippen molar-refractivity contribution in [2.75, 3.05) is 17.2 Å². The Bertz CT molecular complexity index is 903. The van der Waals surface area contributed by atoms with E-state index in [0.29, 0.717) is 15.8 Å². The van der Waals surface area contributed by atoms with E-state index in [1.54, 1.807) is 12.1 Å². The Morgan fingerprint density at radius 2 is 1.88 bits per heavy atom. The van der Waals surface area contributed by atoms with E-state index in [9.17, 15) is 9.59 Å². The number of nitrogens with one attached hydrogen (secondary N) is 2. The van der Waals surface area contributed by atoms with Crippen LogP contribution >= 0.6 is 22.7 Å². The van der Waals surface area contributed by atoms with Crippen LogP contribution in [-0.2, 0) is 4.79 Å². The van der Waals surface area contributed by atoms with Crippen molar-refractivity contribution >= 4 is 44.6 Å². The van der Waals surface area contributed by atoms with E-state index < -0.39 is 0 Å². The van der Waals surface area contributed by atoms with Gasteiger partial charge in [0.2, 0.25) is 5.91 Å². The molecule has 8 heteroatoms. The van der Waals surface area contributed by atoms with Gasteiger partial charge in [0, 0.05) is 17.9 Å². The van der Waals surface area contributed by atoms with Crippen molar-refractivity contribution in [1.29, 1.82) is 0 Å². The molecule has 0 saturated heterocycles. The van der Waals surface area contributed by atoms with E-state index in [1.807, 2.05) is 30.5 Å². The van der Waals surface area contributed by atoms with Crippen molar-refractivity contribution in [3.63, 3.8) is 0 Å². The summed E-state index contributed by atoms with van der Waals surface area (Å²) in [7, 11) is 0. The smallest absolute Gasteiger partial charge is 0.223 e. The second kappa shape index (κ2) is 7.54. The van der Waals surface area contributed by atoms with Crippen LogP contribution in [0, 0.1) is 6.92 Å². The number of aryl methyl sites for hydroxylation is 1. The van der Waals surface area contributed by atoms with Crippen molar-refractivity contribution < 1.29 is 9.59 Å². The molecule has 2 aromatic heterocycles. The third kappa shape index (κ3) is 4.28. The van der Waals surface area contributed by atoms with Gasteiger partial charge in [-0.05, 0) is 6.92 Å². The standard InChI is InChI=1S/C17H16N4O2S2/c1-10-15(25-17(19-10)20-11(2)22)13-9-24-16(21-13)18-8-14(23)12-6-4-3-5-7-12/h3-7,9H,8H2,1-2H3,(H,18,21)(H,19,20,22). The molecule has 0 fully saturated rings. The maximum Gasteiger partial charge on any atom is 0.223 e. The number of amides is 1. The second-order valence-electron chi connectivity index (χ2n) is 5.30. The topological polar surface area (TPSA) is 84.0 Å². The lowest BCUT2D eigenvalue weighted by Gasteiger charge is -2.01. The van der Waals surface area contributed by atoms with Crippen molar-refractivity contribution in [2.45, 2.75) is 13.8 Å². The second-order valence-corrected chi connectivity index (χ2v) is 7.15. The van der Waals surface area contributed by atoms with Gasteiger partial charge in [0.05, 0.1) is 22.8 Å². The summed E-state index contributed by atoms with van der Waals surface area (Å²) in [5.74, 6) is -0.139. The third-order valence-electron chi connectivity index (χ3n) is 3.31. The van der Waals surface area contributed by atoms with Gasteiger partial charge in [-0.2, -0.15) is 0 Å². The summed E-state index contributed by atoms with van der Waals surface area (Å²) >= 11 is 2.81. The SMILES string of the molecule is CC(=O)Nc1nc(C)c(-c2csc(NCC(=O)c3ccccc3)n2)s1. The minimum absolute atomic E-state index is 0.0132. The van der Waals surface area contributed by atoms with E-state index in [-0.39, 0.29) is 18.2 Å². The molecule has 6 nitrogen and oxygen atoms in total. The highest BCUT2D eigenvalue weighted by atomic mass is 32.1. The van der Waals surface area contributed by atoms with Gasteiger partial charge in [-0.15, -0.1) is 11.3 Å². The average molecular weight is 372 g/mol. The molecule has 0 unspecified atom stereocenters. The molecule has 0 atom stereocenters. The number of carbonyl (C=O) groups excluding carboxylic acids is 2. The highest BCUT2D eigenvalue weighted by Gasteiger charge is 2.14. The van der Waals surface area contributed by atoms with Gasteiger partial charge >= 0.3 is 0 Å². The van der Waals surface area contributed by atoms with Crippen LogP contribution in [0.2, 0.25) is 0 Å². The highest BCUT2D eigenvalue weighted by Crippen LogP contribution is 2.34. The zero-order chi connectivity index (χ0) is 17.8. The monoisotopic (exact) mass is 372 g/mol. The molecule has 1 aromatic carbocycles. The number of Topliss-reactive ketones (excluding diaryl/α,β-unsaturated/α-hetero) is 1. The lowest BCUT2D eigenvalue weighted by atomic mass is 10.1. The molecule has 0 saturated carbocycles. The van der Waals surface area contributed by atoms with Crippen LogP contribution < -0.4 is 10.6 Å². The molecule has 1 amide bonds. The number of benzene rings is 1. The van der Waals surface area contributed by atoms with Gasteiger partial charge in [-0.25, -0.2) is 9.97 Å². The van der Waals surface area contributed by atoms with E-state index in [4.69, 9.17) is 0 Å². The fourth-order valence-corrected chi connectivity index (χ4v) is 3.93. The maximum atomic E-state index is 12.1. The molecular weight excluding hydrogens is 356 g/mol. The van der Waals surface area contributed by atoms with Gasteiger partial charge in [-0.3, -0.25) is 9.59 Å². The molecule has 0 aliphatic rings. The number of hydrogen-bond acceptors (Lipinski definition) is 7. The minimum atomic E-state index is -0.152. The van der Waals surface area contributed by atoms with Gasteiger partial charge in [-0.1, -0.05) is 41.7 Å². The molecule has 25 heavy (non-hydrogen) atoms. The molecule has 0 bridgehead atoms. The fraction of sp³-hybridized carbons (Fsp3) is 0.176. The average Bonchev–Trinajstić information content (AvgIpc) is 3.19. The first-order chi connectivity index (χ1) is 12.0. The summed E-state index contributed by atoms with van der Waals surface area (Å²) in [5.41, 5.74) is 2.27. The number of thiazole rings is 2. The van der Waals surface area contributed by atoms with Gasteiger partial charge in [0.25, 0.3) is 0 Å². The third-order valence-corrected chi connectivity index (χ3v) is 5.21. The molecule has 0 radical (unpaired) electrons. The van der Waals surface area contributed by atoms with Gasteiger partial charge in [0.15, 0.2) is 16.0 Å². The Kier molecular flexibility index (Phi) is 5.20. The summed E-state index contributed by atoms with van der Waals surface area (Å²) in [4.78, 5) is 33.0. The van der Waals surface area contributed by atoms with Crippen molar-refractivity contribution in [3.8, 4) is 10.6 Å². The predicted molar refractivity (Wildman–Crippen MR) is 102 cm³/mol. The number of hydrogen-bond donors (Lipinski definition) is 2. The van der Waals surface area contributed by atoms with E-state index in [2.05, 4.69) is 20.6 Å². The molecule has 128 valence electrons. The molecule has 3 rings (SSSR count). The first kappa shape index (κ1) is 17.2. The Labute approximate surface area is 153 Å². The van der Waals surface area contributed by atoms with Crippen LogP contribution in [-0.4, -0.2) is 28.2 Å². The molecule has 0 spiro atoms. The summed E-state index contributed by atoms with van der Waals surface area (Å²) in [5, 5.41) is 8.89. The molecule has 0 aliphatic heterocycles. The Morgan fingerprint density at radius 3 is 2.60 bits per heavy atom. The van der Waals surface area contributed by atoms with Gasteiger partial charge in [0.1, 0.15) is 0 Å². The molecule has 3 aromatic rings. The molecule has 0 aliphatic carbocycles. The first-order valence-electron chi connectivity index (χ1n) is 7.56. The fourth-order valence-electron chi connectivity index (χ4n) is 2.18. The summed E-state index contributed by atoms with van der Waals surface area (Å²) in [6.45, 7) is 3.52. The number of aromatic nitrogens is 2. The van der Waals surface area contributed by atoms with Crippen LogP contribution in [0.25, 0.3) is 10.6 Å². The van der Waals surface area contributed by atoms with Crippen LogP contribution in [0.4, 0.5) is 10.3 Å². The van der Waals surface area contributed by atoms with E-state index >= 15 is 0 Å². The van der Waals surface area contributed by atoms with Crippen LogP contribution in [0.5, 0.6) is 0 Å². The van der Waals surface area contributed by atoms with Crippen molar-refractivity contribution in [1.82, 2.24) is 9.97 Å². The first-order valence-corrected chi connectivity index (χ1v) is 9.25. The molecule has 2 heterocycles. The zero-order valence-corrected chi connectivity index (χ0v) is 15.3. The lowest BCUT2D eigenvalue weighted by Crippen LogP contribution is -2.13. The number of rotatable bonds is 6. The lowest BCUT2D eigenvalue weighted by molar-refractivity contribution is -0.114. The summed E-state index contributed by atoms with van der Waals surface area (Å²) < 4.78 is 0. The van der Waals surface area contributed by atoms with E-state index in [1.165, 1.54) is 29.6 Å². The number of ketones is 1. The molecule has 2 N–H and O–H groups in total. The van der Waals surface area contributed by atoms with E-state index in [0.717, 1.165) is 16.3 Å². The van der Waals surface area contributed by atoms with Crippen LogP contribution in [0.3, 0.4) is 0 Å². The van der Waals surface area contributed by atoms with Crippen LogP contribution in [0.1, 0.15) is 23.0 Å². The highest BCUT2D eigenvalue weighted by molar-refractivity contribution is 7.19. The van der Waals surface area contributed by atoms with Crippen LogP contribution in [0.15, 0.2) is 35.7 Å². The predicted octanol–water partition coefficient (Wildman–Crippen LogP) is 3.83. The minimum Gasteiger partial charge on any atom is -0.354 e. The Hall–Kier alpha value is -2.58. The quantitative estimate of drug-likeness (QED) is 0.643. The normalized spacial score (nSPS) is 10.5. The Balaban J connectivity index is 1.67. The van der Waals surface area contributed by atoms with Crippen molar-refractivity contribution in [3.05, 3.63) is 47.0 Å². The number of nitrogens with zero attached hydrogens (tertiary/aromatic N) is 2. The summed E-state index contributed by atoms with van der Waals surface area (Å²) in [6, 6.07) is 9.15. The largest absolute Gasteiger partial charge is 0.354 e. The van der Waals surface area contributed by atoms with Gasteiger partial charge < -0.3 is 10.6 Å². The maximum absolute atomic E-state index is 12.1. The summed E-state index contributed by atoms with van der Waals surface area (Å²) in [6.07, 6.45) is 0. The van der Waals surface area contributed by atoms with Crippen molar-refractivity contribution in [2.24, 2.45) is 0 Å². The number of anilines is 2.